The number of nitro benzene ring substituents is 1. The van der Waals surface area contributed by atoms with Crippen molar-refractivity contribution in [2.24, 2.45) is 0 Å². The number of ether oxygens (including phenoxy) is 1. The summed E-state index contributed by atoms with van der Waals surface area (Å²) in [6, 6.07) is 2.73. The van der Waals surface area contributed by atoms with Gasteiger partial charge in [-0.2, -0.15) is 0 Å². The van der Waals surface area contributed by atoms with Gasteiger partial charge >= 0.3 is 5.69 Å². The molecule has 1 aromatic carbocycles. The standard InChI is InChI=1S/C11H9IN2O4/c1-2-18-10-4-8-6(3-9(10)14(16)17)11(15)7(12)5-13-8/h3-5H,2H2,1H3,(H,13,15). The number of pyridine rings is 1. The molecule has 0 unspecified atom stereocenters. The van der Waals surface area contributed by atoms with Crippen LogP contribution in [0.2, 0.25) is 0 Å². The lowest BCUT2D eigenvalue weighted by Crippen LogP contribution is -2.07. The molecule has 1 aromatic heterocycles. The van der Waals surface area contributed by atoms with Crippen LogP contribution >= 0.6 is 22.6 Å². The summed E-state index contributed by atoms with van der Waals surface area (Å²) >= 11 is 1.88. The van der Waals surface area contributed by atoms with Crippen molar-refractivity contribution < 1.29 is 9.66 Å². The number of nitro groups is 1. The first-order chi connectivity index (χ1) is 8.54. The lowest BCUT2D eigenvalue weighted by Gasteiger charge is -2.06. The summed E-state index contributed by atoms with van der Waals surface area (Å²) in [7, 11) is 0. The molecule has 0 aliphatic rings. The molecule has 1 N–H and O–H groups in total. The van der Waals surface area contributed by atoms with Crippen molar-refractivity contribution in [2.45, 2.75) is 6.92 Å². The van der Waals surface area contributed by atoms with E-state index in [9.17, 15) is 14.9 Å². The molecule has 2 aromatic rings. The number of fused-ring (bicyclic) bond motifs is 1. The average Bonchev–Trinajstić information content (AvgIpc) is 2.34. The van der Waals surface area contributed by atoms with Crippen LogP contribution in [0.25, 0.3) is 10.9 Å². The molecule has 0 atom stereocenters. The Morgan fingerprint density at radius 1 is 1.50 bits per heavy atom. The quantitative estimate of drug-likeness (QED) is 0.518. The first-order valence-corrected chi connectivity index (χ1v) is 6.24. The molecule has 0 bridgehead atoms. The highest BCUT2D eigenvalue weighted by molar-refractivity contribution is 14.1. The normalized spacial score (nSPS) is 10.6. The summed E-state index contributed by atoms with van der Waals surface area (Å²) in [5.41, 5.74) is 0.0989. The van der Waals surface area contributed by atoms with E-state index in [1.165, 1.54) is 12.1 Å². The van der Waals surface area contributed by atoms with Crippen molar-refractivity contribution in [2.75, 3.05) is 6.61 Å². The Balaban J connectivity index is 2.80. The summed E-state index contributed by atoms with van der Waals surface area (Å²) in [6.45, 7) is 2.06. The molecule has 2 rings (SSSR count). The minimum absolute atomic E-state index is 0.159. The van der Waals surface area contributed by atoms with Gasteiger partial charge in [-0.05, 0) is 29.5 Å². The minimum Gasteiger partial charge on any atom is -0.487 e. The van der Waals surface area contributed by atoms with Crippen molar-refractivity contribution in [1.82, 2.24) is 4.98 Å². The predicted octanol–water partition coefficient (Wildman–Crippen LogP) is 2.44. The number of rotatable bonds is 3. The Bertz CT molecular complexity index is 681. The second-order valence-electron chi connectivity index (χ2n) is 3.52. The molecule has 1 heterocycles. The van der Waals surface area contributed by atoms with Crippen LogP contribution in [0.1, 0.15) is 6.92 Å². The van der Waals surface area contributed by atoms with Gasteiger partial charge in [0.1, 0.15) is 0 Å². The van der Waals surface area contributed by atoms with Gasteiger partial charge in [0.25, 0.3) is 0 Å². The molecule has 0 spiro atoms. The second kappa shape index (κ2) is 4.92. The van der Waals surface area contributed by atoms with Crippen LogP contribution < -0.4 is 10.2 Å². The molecule has 0 saturated heterocycles. The number of aromatic amines is 1. The summed E-state index contributed by atoms with van der Waals surface area (Å²) in [5, 5.41) is 11.2. The van der Waals surface area contributed by atoms with Gasteiger partial charge in [-0.3, -0.25) is 14.9 Å². The molecule has 0 fully saturated rings. The van der Waals surface area contributed by atoms with Gasteiger partial charge in [-0.1, -0.05) is 0 Å². The number of H-pyrrole nitrogens is 1. The second-order valence-corrected chi connectivity index (χ2v) is 4.68. The van der Waals surface area contributed by atoms with Gasteiger partial charge in [0, 0.05) is 18.3 Å². The molecule has 0 amide bonds. The van der Waals surface area contributed by atoms with Gasteiger partial charge in [0.15, 0.2) is 5.75 Å². The van der Waals surface area contributed by atoms with E-state index in [1.54, 1.807) is 13.1 Å². The van der Waals surface area contributed by atoms with Crippen molar-refractivity contribution in [3.05, 3.63) is 42.2 Å². The highest BCUT2D eigenvalue weighted by Crippen LogP contribution is 2.30. The maximum atomic E-state index is 11.9. The van der Waals surface area contributed by atoms with Gasteiger partial charge in [0.05, 0.1) is 26.0 Å². The van der Waals surface area contributed by atoms with E-state index in [2.05, 4.69) is 4.98 Å². The molecular formula is C11H9IN2O4. The minimum atomic E-state index is -0.552. The molecule has 0 aliphatic heterocycles. The first kappa shape index (κ1) is 12.8. The third kappa shape index (κ3) is 2.17. The Labute approximate surface area is 115 Å². The van der Waals surface area contributed by atoms with E-state index in [0.29, 0.717) is 15.7 Å². The van der Waals surface area contributed by atoms with Crippen LogP contribution in [-0.2, 0) is 0 Å². The summed E-state index contributed by atoms with van der Waals surface area (Å²) in [6.07, 6.45) is 1.56. The number of aromatic nitrogens is 1. The van der Waals surface area contributed by atoms with Crippen LogP contribution in [0.3, 0.4) is 0 Å². The van der Waals surface area contributed by atoms with E-state index in [-0.39, 0.29) is 22.3 Å². The maximum absolute atomic E-state index is 11.9. The van der Waals surface area contributed by atoms with Crippen LogP contribution in [0, 0.1) is 13.7 Å². The number of nitrogens with one attached hydrogen (secondary N) is 1. The van der Waals surface area contributed by atoms with Gasteiger partial charge in [-0.25, -0.2) is 0 Å². The number of halogens is 1. The molecule has 6 nitrogen and oxygen atoms in total. The lowest BCUT2D eigenvalue weighted by atomic mass is 10.2. The number of hydrogen-bond acceptors (Lipinski definition) is 4. The summed E-state index contributed by atoms with van der Waals surface area (Å²) in [5.74, 6) is 0.159. The van der Waals surface area contributed by atoms with Gasteiger partial charge < -0.3 is 9.72 Å². The summed E-state index contributed by atoms with van der Waals surface area (Å²) < 4.78 is 5.70. The SMILES string of the molecule is CCOc1cc2[nH]cc(I)c(=O)c2cc1[N+](=O)[O-]. The molecular weight excluding hydrogens is 351 g/mol. The van der Waals surface area contributed by atoms with Crippen LogP contribution in [-0.4, -0.2) is 16.5 Å². The molecule has 94 valence electrons. The van der Waals surface area contributed by atoms with Gasteiger partial charge in [0.2, 0.25) is 5.43 Å². The zero-order chi connectivity index (χ0) is 13.3. The monoisotopic (exact) mass is 360 g/mol. The molecule has 0 saturated carbocycles. The van der Waals surface area contributed by atoms with Crippen molar-refractivity contribution in [3.8, 4) is 5.75 Å². The molecule has 7 heteroatoms. The highest BCUT2D eigenvalue weighted by atomic mass is 127. The number of hydrogen-bond donors (Lipinski definition) is 1. The predicted molar refractivity (Wildman–Crippen MR) is 75.1 cm³/mol. The van der Waals surface area contributed by atoms with Crippen LogP contribution in [0.5, 0.6) is 5.75 Å². The fraction of sp³-hybridized carbons (Fsp3) is 0.182. The van der Waals surface area contributed by atoms with E-state index in [4.69, 9.17) is 4.74 Å². The van der Waals surface area contributed by atoms with Crippen LogP contribution in [0.4, 0.5) is 5.69 Å². The number of nitrogens with zero attached hydrogens (tertiary/aromatic N) is 1. The Hall–Kier alpha value is -1.64. The molecule has 18 heavy (non-hydrogen) atoms. The van der Waals surface area contributed by atoms with Crippen molar-refractivity contribution in [1.29, 1.82) is 0 Å². The lowest BCUT2D eigenvalue weighted by molar-refractivity contribution is -0.385. The Morgan fingerprint density at radius 3 is 2.83 bits per heavy atom. The van der Waals surface area contributed by atoms with E-state index in [0.717, 1.165) is 0 Å². The Kier molecular flexibility index (Phi) is 3.50. The topological polar surface area (TPSA) is 85.2 Å². The van der Waals surface area contributed by atoms with Crippen molar-refractivity contribution in [3.63, 3.8) is 0 Å². The van der Waals surface area contributed by atoms with E-state index in [1.807, 2.05) is 22.6 Å². The smallest absolute Gasteiger partial charge is 0.311 e. The zero-order valence-corrected chi connectivity index (χ0v) is 11.6. The summed E-state index contributed by atoms with van der Waals surface area (Å²) in [4.78, 5) is 25.2. The van der Waals surface area contributed by atoms with Crippen LogP contribution in [0.15, 0.2) is 23.1 Å². The number of benzene rings is 1. The average molecular weight is 360 g/mol. The Morgan fingerprint density at radius 2 is 2.22 bits per heavy atom. The third-order valence-corrected chi connectivity index (χ3v) is 3.21. The third-order valence-electron chi connectivity index (χ3n) is 2.41. The van der Waals surface area contributed by atoms with E-state index >= 15 is 0 Å². The van der Waals surface area contributed by atoms with Gasteiger partial charge in [-0.15, -0.1) is 0 Å². The van der Waals surface area contributed by atoms with E-state index < -0.39 is 4.92 Å². The fourth-order valence-corrected chi connectivity index (χ4v) is 2.07. The molecule has 0 radical (unpaired) electrons. The fourth-order valence-electron chi connectivity index (χ4n) is 1.62. The zero-order valence-electron chi connectivity index (χ0n) is 9.40. The maximum Gasteiger partial charge on any atom is 0.311 e. The first-order valence-electron chi connectivity index (χ1n) is 5.16. The van der Waals surface area contributed by atoms with Crippen molar-refractivity contribution >= 4 is 39.2 Å². The molecule has 0 aliphatic carbocycles. The largest absolute Gasteiger partial charge is 0.487 e. The highest BCUT2D eigenvalue weighted by Gasteiger charge is 2.18.